The molecule has 0 aliphatic heterocycles. The molecule has 128 valence electrons. The van der Waals surface area contributed by atoms with Crippen molar-refractivity contribution in [1.29, 1.82) is 0 Å². The van der Waals surface area contributed by atoms with Gasteiger partial charge in [-0.2, -0.15) is 0 Å². The fourth-order valence-corrected chi connectivity index (χ4v) is 2.52. The second-order valence-corrected chi connectivity index (χ2v) is 6.90. The molecule has 0 radical (unpaired) electrons. The molecule has 2 aromatic rings. The minimum atomic E-state index is -0.210. The Morgan fingerprint density at radius 1 is 1.17 bits per heavy atom. The number of amides is 1. The Balaban J connectivity index is 1.89. The minimum absolute atomic E-state index is 0.0421. The lowest BCUT2D eigenvalue weighted by Gasteiger charge is -2.12. The number of hydrogen-bond donors (Lipinski definition) is 1. The van der Waals surface area contributed by atoms with Gasteiger partial charge in [0.05, 0.1) is 6.61 Å². The highest BCUT2D eigenvalue weighted by Gasteiger charge is 2.07. The Bertz CT molecular complexity index is 701. The van der Waals surface area contributed by atoms with Crippen molar-refractivity contribution in [2.45, 2.75) is 20.8 Å². The monoisotopic (exact) mass is 391 g/mol. The predicted molar refractivity (Wildman–Crippen MR) is 99.8 cm³/mol. The van der Waals surface area contributed by atoms with Gasteiger partial charge in [-0.25, -0.2) is 0 Å². The number of carbonyl (C=O) groups is 1. The summed E-state index contributed by atoms with van der Waals surface area (Å²) >= 11 is 3.40. The molecule has 1 N–H and O–H groups in total. The zero-order chi connectivity index (χ0) is 17.5. The molecule has 1 amide bonds. The molecule has 0 aliphatic rings. The SMILES string of the molecule is Cc1cc(Br)ccc1OCC(=O)Nc1cccc(OCC(C)C)c1. The standard InChI is InChI=1S/C19H22BrNO3/c1-13(2)11-23-17-6-4-5-16(10-17)21-19(22)12-24-18-8-7-15(20)9-14(18)3/h4-10,13H,11-12H2,1-3H3,(H,21,22). The van der Waals surface area contributed by atoms with Gasteiger partial charge in [0.1, 0.15) is 11.5 Å². The first-order valence-electron chi connectivity index (χ1n) is 7.85. The van der Waals surface area contributed by atoms with E-state index in [1.165, 1.54) is 0 Å². The summed E-state index contributed by atoms with van der Waals surface area (Å²) in [5, 5.41) is 2.82. The average molecular weight is 392 g/mol. The molecule has 2 rings (SSSR count). The van der Waals surface area contributed by atoms with Crippen LogP contribution in [0.2, 0.25) is 0 Å². The van der Waals surface area contributed by atoms with Gasteiger partial charge in [-0.15, -0.1) is 0 Å². The van der Waals surface area contributed by atoms with E-state index >= 15 is 0 Å². The van der Waals surface area contributed by atoms with E-state index < -0.39 is 0 Å². The first-order chi connectivity index (χ1) is 11.4. The molecular formula is C19H22BrNO3. The normalized spacial score (nSPS) is 10.5. The average Bonchev–Trinajstić information content (AvgIpc) is 2.52. The first kappa shape index (κ1) is 18.3. The maximum atomic E-state index is 12.1. The molecule has 0 saturated carbocycles. The summed E-state index contributed by atoms with van der Waals surface area (Å²) in [5.41, 5.74) is 1.67. The predicted octanol–water partition coefficient (Wildman–Crippen LogP) is 4.81. The summed E-state index contributed by atoms with van der Waals surface area (Å²) in [7, 11) is 0. The van der Waals surface area contributed by atoms with Crippen molar-refractivity contribution in [2.75, 3.05) is 18.5 Å². The fraction of sp³-hybridized carbons (Fsp3) is 0.316. The highest BCUT2D eigenvalue weighted by atomic mass is 79.9. The molecule has 0 heterocycles. The number of anilines is 1. The smallest absolute Gasteiger partial charge is 0.262 e. The number of aryl methyl sites for hydroxylation is 1. The van der Waals surface area contributed by atoms with Crippen LogP contribution in [0.4, 0.5) is 5.69 Å². The molecule has 0 saturated heterocycles. The van der Waals surface area contributed by atoms with Crippen molar-refractivity contribution in [3.63, 3.8) is 0 Å². The number of rotatable bonds is 7. The molecule has 0 atom stereocenters. The Morgan fingerprint density at radius 2 is 1.96 bits per heavy atom. The highest BCUT2D eigenvalue weighted by Crippen LogP contribution is 2.22. The lowest BCUT2D eigenvalue weighted by molar-refractivity contribution is -0.118. The molecule has 0 fully saturated rings. The highest BCUT2D eigenvalue weighted by molar-refractivity contribution is 9.10. The van der Waals surface area contributed by atoms with Crippen LogP contribution in [-0.2, 0) is 4.79 Å². The van der Waals surface area contributed by atoms with E-state index in [0.29, 0.717) is 24.0 Å². The van der Waals surface area contributed by atoms with Crippen molar-refractivity contribution < 1.29 is 14.3 Å². The molecule has 0 spiro atoms. The maximum Gasteiger partial charge on any atom is 0.262 e. The third-order valence-corrected chi connectivity index (χ3v) is 3.69. The van der Waals surface area contributed by atoms with Gasteiger partial charge in [0, 0.05) is 16.2 Å². The fourth-order valence-electron chi connectivity index (χ4n) is 2.04. The van der Waals surface area contributed by atoms with Crippen molar-refractivity contribution in [3.8, 4) is 11.5 Å². The van der Waals surface area contributed by atoms with E-state index in [9.17, 15) is 4.79 Å². The number of carbonyl (C=O) groups excluding carboxylic acids is 1. The number of halogens is 1. The van der Waals surface area contributed by atoms with Crippen LogP contribution < -0.4 is 14.8 Å². The van der Waals surface area contributed by atoms with Crippen LogP contribution in [0, 0.1) is 12.8 Å². The van der Waals surface area contributed by atoms with Crippen LogP contribution in [0.25, 0.3) is 0 Å². The summed E-state index contributed by atoms with van der Waals surface area (Å²) in [6.07, 6.45) is 0. The minimum Gasteiger partial charge on any atom is -0.493 e. The molecule has 24 heavy (non-hydrogen) atoms. The molecular weight excluding hydrogens is 370 g/mol. The van der Waals surface area contributed by atoms with E-state index in [0.717, 1.165) is 15.8 Å². The lowest BCUT2D eigenvalue weighted by Crippen LogP contribution is -2.20. The Labute approximate surface area is 151 Å². The number of nitrogens with one attached hydrogen (secondary N) is 1. The van der Waals surface area contributed by atoms with Crippen LogP contribution in [0.3, 0.4) is 0 Å². The molecule has 0 unspecified atom stereocenters. The van der Waals surface area contributed by atoms with Crippen molar-refractivity contribution in [2.24, 2.45) is 5.92 Å². The van der Waals surface area contributed by atoms with Gasteiger partial charge in [-0.05, 0) is 48.7 Å². The maximum absolute atomic E-state index is 12.1. The number of ether oxygens (including phenoxy) is 2. The second-order valence-electron chi connectivity index (χ2n) is 5.98. The largest absolute Gasteiger partial charge is 0.493 e. The van der Waals surface area contributed by atoms with Crippen molar-refractivity contribution in [3.05, 3.63) is 52.5 Å². The quantitative estimate of drug-likeness (QED) is 0.736. The van der Waals surface area contributed by atoms with Gasteiger partial charge < -0.3 is 14.8 Å². The van der Waals surface area contributed by atoms with Gasteiger partial charge in [0.2, 0.25) is 0 Å². The molecule has 0 aromatic heterocycles. The third-order valence-electron chi connectivity index (χ3n) is 3.20. The van der Waals surface area contributed by atoms with Crippen LogP contribution in [0.1, 0.15) is 19.4 Å². The van der Waals surface area contributed by atoms with Crippen LogP contribution in [0.5, 0.6) is 11.5 Å². The summed E-state index contributed by atoms with van der Waals surface area (Å²) < 4.78 is 12.2. The van der Waals surface area contributed by atoms with E-state index in [2.05, 4.69) is 35.1 Å². The van der Waals surface area contributed by atoms with Gasteiger partial charge in [-0.3, -0.25) is 4.79 Å². The van der Waals surface area contributed by atoms with E-state index in [-0.39, 0.29) is 12.5 Å². The van der Waals surface area contributed by atoms with Gasteiger partial charge in [0.25, 0.3) is 5.91 Å². The van der Waals surface area contributed by atoms with Crippen LogP contribution in [-0.4, -0.2) is 19.1 Å². The molecule has 0 aliphatic carbocycles. The molecule has 5 heteroatoms. The van der Waals surface area contributed by atoms with Crippen molar-refractivity contribution in [1.82, 2.24) is 0 Å². The zero-order valence-electron chi connectivity index (χ0n) is 14.1. The summed E-state index contributed by atoms with van der Waals surface area (Å²) in [6.45, 7) is 6.72. The lowest BCUT2D eigenvalue weighted by atomic mass is 10.2. The van der Waals surface area contributed by atoms with Gasteiger partial charge in [0.15, 0.2) is 6.61 Å². The Hall–Kier alpha value is -2.01. The Morgan fingerprint density at radius 3 is 2.67 bits per heavy atom. The third kappa shape index (κ3) is 5.89. The van der Waals surface area contributed by atoms with E-state index in [1.54, 1.807) is 0 Å². The summed E-state index contributed by atoms with van der Waals surface area (Å²) in [5.74, 6) is 1.68. The second kappa shape index (κ2) is 8.73. The zero-order valence-corrected chi connectivity index (χ0v) is 15.7. The first-order valence-corrected chi connectivity index (χ1v) is 8.65. The van der Waals surface area contributed by atoms with Crippen LogP contribution in [0.15, 0.2) is 46.9 Å². The van der Waals surface area contributed by atoms with Crippen molar-refractivity contribution >= 4 is 27.5 Å². The summed E-state index contributed by atoms with van der Waals surface area (Å²) in [4.78, 5) is 12.1. The molecule has 2 aromatic carbocycles. The Kier molecular flexibility index (Phi) is 6.67. The van der Waals surface area contributed by atoms with Gasteiger partial charge >= 0.3 is 0 Å². The molecule has 4 nitrogen and oxygen atoms in total. The number of hydrogen-bond acceptors (Lipinski definition) is 3. The topological polar surface area (TPSA) is 47.6 Å². The van der Waals surface area contributed by atoms with E-state index in [4.69, 9.17) is 9.47 Å². The number of benzene rings is 2. The van der Waals surface area contributed by atoms with Gasteiger partial charge in [-0.1, -0.05) is 35.8 Å². The molecule has 0 bridgehead atoms. The van der Waals surface area contributed by atoms with Crippen LogP contribution >= 0.6 is 15.9 Å². The summed E-state index contributed by atoms with van der Waals surface area (Å²) in [6, 6.07) is 13.0. The van der Waals surface area contributed by atoms with E-state index in [1.807, 2.05) is 49.4 Å².